The van der Waals surface area contributed by atoms with E-state index in [4.69, 9.17) is 22.1 Å². The van der Waals surface area contributed by atoms with E-state index in [0.717, 1.165) is 0 Å². The number of benzene rings is 1. The molecule has 0 saturated carbocycles. The molecule has 122 valence electrons. The van der Waals surface area contributed by atoms with Gasteiger partial charge in [0.05, 0.1) is 6.04 Å². The monoisotopic (exact) mass is 327 g/mol. The summed E-state index contributed by atoms with van der Waals surface area (Å²) in [6, 6.07) is 5.51. The van der Waals surface area contributed by atoms with Crippen LogP contribution >= 0.6 is 11.6 Å². The maximum atomic E-state index is 11.8. The molecule has 0 radical (unpaired) electrons. The Morgan fingerprint density at radius 1 is 1.32 bits per heavy atom. The number of anilines is 1. The van der Waals surface area contributed by atoms with Gasteiger partial charge in [-0.15, -0.1) is 0 Å². The molecule has 0 aliphatic heterocycles. The zero-order valence-corrected chi connectivity index (χ0v) is 13.9. The predicted molar refractivity (Wildman–Crippen MR) is 86.9 cm³/mol. The molecule has 22 heavy (non-hydrogen) atoms. The lowest BCUT2D eigenvalue weighted by Crippen LogP contribution is -2.52. The Morgan fingerprint density at radius 2 is 1.95 bits per heavy atom. The fraction of sp³-hybridized carbons (Fsp3) is 0.467. The van der Waals surface area contributed by atoms with Crippen LogP contribution in [0.2, 0.25) is 5.02 Å². The second-order valence-corrected chi connectivity index (χ2v) is 6.41. The fourth-order valence-electron chi connectivity index (χ4n) is 1.78. The van der Waals surface area contributed by atoms with E-state index in [1.807, 2.05) is 0 Å². The van der Waals surface area contributed by atoms with E-state index in [1.165, 1.54) is 0 Å². The third-order valence-electron chi connectivity index (χ3n) is 2.70. The summed E-state index contributed by atoms with van der Waals surface area (Å²) in [7, 11) is 0. The number of amides is 2. The van der Waals surface area contributed by atoms with Crippen molar-refractivity contribution < 1.29 is 14.3 Å². The number of carbonyl (C=O) groups is 2. The van der Waals surface area contributed by atoms with E-state index < -0.39 is 29.7 Å². The number of nitrogens with one attached hydrogen (secondary N) is 2. The highest BCUT2D eigenvalue weighted by molar-refractivity contribution is 6.30. The van der Waals surface area contributed by atoms with Gasteiger partial charge in [0.2, 0.25) is 5.91 Å². The quantitative estimate of drug-likeness (QED) is 0.774. The lowest BCUT2D eigenvalue weighted by Gasteiger charge is -2.26. The highest BCUT2D eigenvalue weighted by atomic mass is 35.5. The van der Waals surface area contributed by atoms with Crippen molar-refractivity contribution in [2.75, 3.05) is 5.32 Å². The lowest BCUT2D eigenvalue weighted by atomic mass is 10.1. The fourth-order valence-corrected chi connectivity index (χ4v) is 1.97. The van der Waals surface area contributed by atoms with Crippen LogP contribution < -0.4 is 16.4 Å². The largest absolute Gasteiger partial charge is 0.444 e. The van der Waals surface area contributed by atoms with Gasteiger partial charge < -0.3 is 21.1 Å². The molecule has 0 aliphatic carbocycles. The van der Waals surface area contributed by atoms with Crippen molar-refractivity contribution in [2.24, 2.45) is 5.73 Å². The van der Waals surface area contributed by atoms with Crippen LogP contribution in [0.5, 0.6) is 0 Å². The minimum absolute atomic E-state index is 0.529. The van der Waals surface area contributed by atoms with Gasteiger partial charge in [0, 0.05) is 10.7 Å². The summed E-state index contributed by atoms with van der Waals surface area (Å²) in [5, 5.41) is 6.08. The molecule has 2 amide bonds. The lowest BCUT2D eigenvalue weighted by molar-refractivity contribution is -0.119. The summed E-state index contributed by atoms with van der Waals surface area (Å²) >= 11 is 5.90. The van der Waals surface area contributed by atoms with Crippen LogP contribution in [-0.2, 0) is 9.53 Å². The Morgan fingerprint density at radius 3 is 2.45 bits per heavy atom. The molecular formula is C15H22ClN3O3. The van der Waals surface area contributed by atoms with Crippen molar-refractivity contribution in [2.45, 2.75) is 45.4 Å². The molecule has 6 nitrogen and oxygen atoms in total. The molecule has 0 bridgehead atoms. The van der Waals surface area contributed by atoms with Crippen molar-refractivity contribution in [1.29, 1.82) is 0 Å². The molecule has 7 heteroatoms. The van der Waals surface area contributed by atoms with E-state index in [1.54, 1.807) is 52.0 Å². The molecule has 0 saturated heterocycles. The first-order valence-corrected chi connectivity index (χ1v) is 7.27. The van der Waals surface area contributed by atoms with Gasteiger partial charge >= 0.3 is 6.09 Å². The molecular weight excluding hydrogens is 306 g/mol. The van der Waals surface area contributed by atoms with Crippen LogP contribution in [-0.4, -0.2) is 29.7 Å². The van der Waals surface area contributed by atoms with Crippen LogP contribution in [0.15, 0.2) is 24.3 Å². The molecule has 2 atom stereocenters. The van der Waals surface area contributed by atoms with Crippen LogP contribution in [0.1, 0.15) is 27.7 Å². The summed E-state index contributed by atoms with van der Waals surface area (Å²) in [5.74, 6) is -0.594. The molecule has 1 aromatic rings. The Kier molecular flexibility index (Phi) is 6.05. The predicted octanol–water partition coefficient (Wildman–Crippen LogP) is 2.52. The second-order valence-electron chi connectivity index (χ2n) is 5.97. The van der Waals surface area contributed by atoms with E-state index in [9.17, 15) is 9.59 Å². The van der Waals surface area contributed by atoms with Crippen LogP contribution in [0.4, 0.5) is 10.5 Å². The first kappa shape index (κ1) is 18.1. The summed E-state index contributed by atoms with van der Waals surface area (Å²) in [6.07, 6.45) is -0.612. The topological polar surface area (TPSA) is 93.4 Å². The molecule has 2 unspecified atom stereocenters. The van der Waals surface area contributed by atoms with E-state index in [0.29, 0.717) is 10.7 Å². The first-order chi connectivity index (χ1) is 10.1. The summed E-state index contributed by atoms with van der Waals surface area (Å²) in [4.78, 5) is 23.4. The molecule has 1 rings (SSSR count). The number of nitrogens with two attached hydrogens (primary N) is 1. The Hall–Kier alpha value is -1.95. The van der Waals surface area contributed by atoms with Gasteiger partial charge in [-0.2, -0.15) is 0 Å². The summed E-state index contributed by atoms with van der Waals surface area (Å²) in [6.45, 7) is 6.93. The van der Waals surface area contributed by atoms with Gasteiger partial charge in [-0.1, -0.05) is 17.7 Å². The number of halogens is 1. The zero-order chi connectivity index (χ0) is 16.9. The summed E-state index contributed by atoms with van der Waals surface area (Å²) in [5.41, 5.74) is 5.41. The third-order valence-corrected chi connectivity index (χ3v) is 2.93. The van der Waals surface area contributed by atoms with Gasteiger partial charge in [0.1, 0.15) is 11.6 Å². The number of rotatable bonds is 5. The highest BCUT2D eigenvalue weighted by Crippen LogP contribution is 2.16. The number of ether oxygens (including phenoxy) is 1. The van der Waals surface area contributed by atoms with Crippen molar-refractivity contribution in [3.63, 3.8) is 0 Å². The van der Waals surface area contributed by atoms with Gasteiger partial charge in [-0.05, 0) is 45.9 Å². The Labute approximate surface area is 135 Å². The molecule has 1 aromatic carbocycles. The normalized spacial score (nSPS) is 13.9. The average Bonchev–Trinajstić information content (AvgIpc) is 2.32. The molecule has 0 aliphatic rings. The highest BCUT2D eigenvalue weighted by Gasteiger charge is 2.26. The Balaban J connectivity index is 2.74. The van der Waals surface area contributed by atoms with Gasteiger partial charge in [-0.3, -0.25) is 4.79 Å². The minimum Gasteiger partial charge on any atom is -0.444 e. The molecule has 0 heterocycles. The molecule has 4 N–H and O–H groups in total. The van der Waals surface area contributed by atoms with Crippen molar-refractivity contribution in [1.82, 2.24) is 5.32 Å². The number of alkyl carbamates (subject to hydrolysis) is 1. The SMILES string of the molecule is CC(NC(=O)OC(C)(C)C)C(Nc1cccc(Cl)c1)C(N)=O. The van der Waals surface area contributed by atoms with Gasteiger partial charge in [0.15, 0.2) is 0 Å². The maximum absolute atomic E-state index is 11.8. The van der Waals surface area contributed by atoms with E-state index in [-0.39, 0.29) is 0 Å². The number of primary amides is 1. The number of carbonyl (C=O) groups excluding carboxylic acids is 2. The van der Waals surface area contributed by atoms with Gasteiger partial charge in [0.25, 0.3) is 0 Å². The first-order valence-electron chi connectivity index (χ1n) is 6.89. The summed E-state index contributed by atoms with van der Waals surface area (Å²) < 4.78 is 5.16. The minimum atomic E-state index is -0.800. The van der Waals surface area contributed by atoms with Crippen molar-refractivity contribution >= 4 is 29.3 Å². The van der Waals surface area contributed by atoms with Crippen LogP contribution in [0.3, 0.4) is 0 Å². The molecule has 0 fully saturated rings. The Bertz CT molecular complexity index is 543. The third kappa shape index (κ3) is 6.22. The van der Waals surface area contributed by atoms with Crippen LogP contribution in [0, 0.1) is 0 Å². The van der Waals surface area contributed by atoms with E-state index in [2.05, 4.69) is 10.6 Å². The van der Waals surface area contributed by atoms with Crippen molar-refractivity contribution in [3.05, 3.63) is 29.3 Å². The van der Waals surface area contributed by atoms with E-state index >= 15 is 0 Å². The maximum Gasteiger partial charge on any atom is 0.407 e. The van der Waals surface area contributed by atoms with Crippen molar-refractivity contribution in [3.8, 4) is 0 Å². The number of hydrogen-bond donors (Lipinski definition) is 3. The zero-order valence-electron chi connectivity index (χ0n) is 13.1. The smallest absolute Gasteiger partial charge is 0.407 e. The molecule has 0 aromatic heterocycles. The molecule has 0 spiro atoms. The number of hydrogen-bond acceptors (Lipinski definition) is 4. The standard InChI is InChI=1S/C15H22ClN3O3/c1-9(18-14(21)22-15(2,3)4)12(13(17)20)19-11-7-5-6-10(16)8-11/h5-9,12,19H,1-4H3,(H2,17,20)(H,18,21). The average molecular weight is 328 g/mol. The van der Waals surface area contributed by atoms with Crippen LogP contribution in [0.25, 0.3) is 0 Å². The second kappa shape index (κ2) is 7.35. The van der Waals surface area contributed by atoms with Gasteiger partial charge in [-0.25, -0.2) is 4.79 Å².